The van der Waals surface area contributed by atoms with Crippen molar-refractivity contribution in [2.24, 2.45) is 0 Å². The van der Waals surface area contributed by atoms with E-state index in [9.17, 15) is 0 Å². The van der Waals surface area contributed by atoms with Crippen molar-refractivity contribution in [2.45, 2.75) is 26.2 Å². The Morgan fingerprint density at radius 1 is 0.433 bits per heavy atom. The molecule has 5 heteroatoms. The summed E-state index contributed by atoms with van der Waals surface area (Å²) in [6.45, 7) is 2.26. The number of rotatable bonds is 9. The number of benzene rings is 8. The molecule has 286 valence electrons. The molecule has 0 saturated carbocycles. The highest BCUT2D eigenvalue weighted by atomic mass is 32.1. The average Bonchev–Trinajstić information content (AvgIpc) is 3.86. The van der Waals surface area contributed by atoms with Crippen LogP contribution in [0.3, 0.4) is 0 Å². The lowest BCUT2D eigenvalue weighted by atomic mass is 10.00. The fourth-order valence-corrected chi connectivity index (χ4v) is 9.82. The summed E-state index contributed by atoms with van der Waals surface area (Å²) >= 11 is 1.90. The predicted octanol–water partition coefficient (Wildman–Crippen LogP) is 15.0. The van der Waals surface area contributed by atoms with Crippen molar-refractivity contribution in [3.05, 3.63) is 194 Å². The molecule has 0 amide bonds. The van der Waals surface area contributed by atoms with Gasteiger partial charge in [0.1, 0.15) is 0 Å². The van der Waals surface area contributed by atoms with Crippen LogP contribution in [0.15, 0.2) is 188 Å². The second-order valence-corrected chi connectivity index (χ2v) is 16.5. The second kappa shape index (κ2) is 15.2. The van der Waals surface area contributed by atoms with Gasteiger partial charge in [0.05, 0.1) is 11.0 Å². The summed E-state index contributed by atoms with van der Waals surface area (Å²) in [6, 6.07) is 67.2. The first-order valence-corrected chi connectivity index (χ1v) is 21.6. The number of thiophene rings is 1. The summed E-state index contributed by atoms with van der Waals surface area (Å²) in [5.41, 5.74) is 12.4. The van der Waals surface area contributed by atoms with E-state index in [4.69, 9.17) is 15.0 Å². The molecule has 0 atom stereocenters. The minimum Gasteiger partial charge on any atom is -0.309 e. The van der Waals surface area contributed by atoms with Gasteiger partial charge < -0.3 is 4.57 Å². The van der Waals surface area contributed by atoms with Crippen LogP contribution >= 0.6 is 11.3 Å². The minimum absolute atomic E-state index is 0.628. The van der Waals surface area contributed by atoms with E-state index in [0.29, 0.717) is 17.5 Å². The molecule has 0 spiro atoms. The summed E-state index contributed by atoms with van der Waals surface area (Å²) in [5.74, 6) is 1.91. The van der Waals surface area contributed by atoms with Gasteiger partial charge in [-0.25, -0.2) is 15.0 Å². The number of hydrogen-bond donors (Lipinski definition) is 0. The molecule has 0 fully saturated rings. The molecule has 60 heavy (non-hydrogen) atoms. The molecule has 0 unspecified atom stereocenters. The third kappa shape index (κ3) is 6.44. The molecular weight excluding hydrogens is 749 g/mol. The van der Waals surface area contributed by atoms with E-state index in [0.717, 1.165) is 45.4 Å². The molecular formula is C55H40N4S. The Morgan fingerprint density at radius 2 is 1.03 bits per heavy atom. The Kier molecular flexibility index (Phi) is 9.09. The van der Waals surface area contributed by atoms with Crippen LogP contribution in [0.2, 0.25) is 0 Å². The number of aryl methyl sites for hydroxylation is 1. The summed E-state index contributed by atoms with van der Waals surface area (Å²) in [5, 5.41) is 5.13. The van der Waals surface area contributed by atoms with Gasteiger partial charge in [0, 0.05) is 53.3 Å². The van der Waals surface area contributed by atoms with E-state index >= 15 is 0 Å². The summed E-state index contributed by atoms with van der Waals surface area (Å²) in [7, 11) is 0. The zero-order valence-corrected chi connectivity index (χ0v) is 34.0. The molecule has 0 aliphatic heterocycles. The smallest absolute Gasteiger partial charge is 0.164 e. The molecule has 0 aliphatic carbocycles. The number of aromatic nitrogens is 4. The van der Waals surface area contributed by atoms with Gasteiger partial charge in [-0.05, 0) is 77.1 Å². The van der Waals surface area contributed by atoms with E-state index in [1.807, 2.05) is 35.6 Å². The number of nitrogens with zero attached hydrogens (tertiary/aromatic N) is 4. The standard InChI is InChI=1S/C55H40N4S/c1-2-3-14-36-25-32-51-48(33-36)47-23-13-22-44(52(47)60-51)41-30-31-46-45-21-10-11-24-49(45)59(50(46)35-41)43-20-12-19-42(34-43)55-57-53(39-17-8-5-9-18-39)56-54(58-55)40-28-26-38(27-29-40)37-15-6-4-7-16-37/h4-13,15-35H,2-3,14H2,1H3. The fraction of sp³-hybridized carbons (Fsp3) is 0.0727. The molecule has 0 aliphatic rings. The van der Waals surface area contributed by atoms with Crippen molar-refractivity contribution in [3.63, 3.8) is 0 Å². The molecule has 0 N–H and O–H groups in total. The van der Waals surface area contributed by atoms with Gasteiger partial charge in [0.15, 0.2) is 17.5 Å². The lowest BCUT2D eigenvalue weighted by Gasteiger charge is -2.12. The minimum atomic E-state index is 0.628. The van der Waals surface area contributed by atoms with E-state index in [-0.39, 0.29) is 0 Å². The highest BCUT2D eigenvalue weighted by Crippen LogP contribution is 2.42. The Labute approximate surface area is 353 Å². The summed E-state index contributed by atoms with van der Waals surface area (Å²) in [6.07, 6.45) is 3.54. The van der Waals surface area contributed by atoms with E-state index < -0.39 is 0 Å². The van der Waals surface area contributed by atoms with E-state index in [1.54, 1.807) is 0 Å². The zero-order valence-electron chi connectivity index (χ0n) is 33.2. The Morgan fingerprint density at radius 3 is 1.82 bits per heavy atom. The predicted molar refractivity (Wildman–Crippen MR) is 253 cm³/mol. The Hall–Kier alpha value is -7.21. The SMILES string of the molecule is CCCCc1ccc2sc3c(-c4ccc5c6ccccc6n(-c6cccc(-c7nc(-c8ccccc8)nc(-c8ccc(-c9ccccc9)cc8)n7)c6)c5c4)cccc3c2c1. The van der Waals surface area contributed by atoms with Gasteiger partial charge in [0.2, 0.25) is 0 Å². The number of fused-ring (bicyclic) bond motifs is 6. The van der Waals surface area contributed by atoms with Crippen LogP contribution in [0.5, 0.6) is 0 Å². The topological polar surface area (TPSA) is 43.6 Å². The van der Waals surface area contributed by atoms with Crippen LogP contribution in [0, 0.1) is 0 Å². The fourth-order valence-electron chi connectivity index (χ4n) is 8.60. The molecule has 11 rings (SSSR count). The normalized spacial score (nSPS) is 11.6. The highest BCUT2D eigenvalue weighted by Gasteiger charge is 2.18. The largest absolute Gasteiger partial charge is 0.309 e. The van der Waals surface area contributed by atoms with Crippen molar-refractivity contribution in [1.82, 2.24) is 19.5 Å². The lowest BCUT2D eigenvalue weighted by molar-refractivity contribution is 0.796. The summed E-state index contributed by atoms with van der Waals surface area (Å²) in [4.78, 5) is 15.3. The van der Waals surface area contributed by atoms with Crippen molar-refractivity contribution in [1.29, 1.82) is 0 Å². The van der Waals surface area contributed by atoms with E-state index in [2.05, 4.69) is 175 Å². The van der Waals surface area contributed by atoms with Gasteiger partial charge in [-0.2, -0.15) is 0 Å². The maximum Gasteiger partial charge on any atom is 0.164 e. The maximum absolute atomic E-state index is 5.14. The molecule has 0 bridgehead atoms. The molecule has 11 aromatic rings. The first-order chi connectivity index (χ1) is 29.7. The maximum atomic E-state index is 5.14. The van der Waals surface area contributed by atoms with Crippen LogP contribution < -0.4 is 0 Å². The van der Waals surface area contributed by atoms with Crippen LogP contribution in [0.25, 0.3) is 104 Å². The number of hydrogen-bond acceptors (Lipinski definition) is 4. The monoisotopic (exact) mass is 788 g/mol. The van der Waals surface area contributed by atoms with Gasteiger partial charge in [-0.1, -0.05) is 165 Å². The van der Waals surface area contributed by atoms with Crippen LogP contribution in [0.1, 0.15) is 25.3 Å². The lowest BCUT2D eigenvalue weighted by Crippen LogP contribution is -2.01. The molecule has 4 nitrogen and oxygen atoms in total. The van der Waals surface area contributed by atoms with Crippen molar-refractivity contribution < 1.29 is 0 Å². The number of unbranched alkanes of at least 4 members (excludes halogenated alkanes) is 1. The second-order valence-electron chi connectivity index (χ2n) is 15.5. The first kappa shape index (κ1) is 35.9. The van der Waals surface area contributed by atoms with Gasteiger partial charge in [0.25, 0.3) is 0 Å². The first-order valence-electron chi connectivity index (χ1n) is 20.7. The molecule has 8 aromatic carbocycles. The quantitative estimate of drug-likeness (QED) is 0.146. The van der Waals surface area contributed by atoms with Crippen molar-refractivity contribution in [2.75, 3.05) is 0 Å². The van der Waals surface area contributed by atoms with Gasteiger partial charge in [-0.3, -0.25) is 0 Å². The van der Waals surface area contributed by atoms with Gasteiger partial charge in [-0.15, -0.1) is 11.3 Å². The van der Waals surface area contributed by atoms with Crippen molar-refractivity contribution >= 4 is 53.3 Å². The van der Waals surface area contributed by atoms with Crippen LogP contribution in [-0.4, -0.2) is 19.5 Å². The Bertz CT molecular complexity index is 3350. The molecule has 0 saturated heterocycles. The van der Waals surface area contributed by atoms with Gasteiger partial charge >= 0.3 is 0 Å². The highest BCUT2D eigenvalue weighted by molar-refractivity contribution is 7.26. The zero-order chi connectivity index (χ0) is 40.0. The van der Waals surface area contributed by atoms with Crippen LogP contribution in [0.4, 0.5) is 0 Å². The third-order valence-electron chi connectivity index (χ3n) is 11.6. The van der Waals surface area contributed by atoms with Crippen molar-refractivity contribution in [3.8, 4) is 62.1 Å². The van der Waals surface area contributed by atoms with E-state index in [1.165, 1.54) is 66.0 Å². The summed E-state index contributed by atoms with van der Waals surface area (Å²) < 4.78 is 5.06. The van der Waals surface area contributed by atoms with Crippen LogP contribution in [-0.2, 0) is 6.42 Å². The molecule has 0 radical (unpaired) electrons. The molecule has 3 heterocycles. The third-order valence-corrected chi connectivity index (χ3v) is 12.9. The average molecular weight is 789 g/mol. The number of para-hydroxylation sites is 1. The Balaban J connectivity index is 1.04. The molecule has 3 aromatic heterocycles.